The quantitative estimate of drug-likeness (QED) is 0.595. The number of hydrogen-bond donors (Lipinski definition) is 2. The Labute approximate surface area is 170 Å². The zero-order chi connectivity index (χ0) is 19.5. The predicted molar refractivity (Wildman–Crippen MR) is 120 cm³/mol. The average molecular weight is 377 g/mol. The molecule has 0 heterocycles. The Morgan fingerprint density at radius 1 is 0.750 bits per heavy atom. The van der Waals surface area contributed by atoms with E-state index in [2.05, 4.69) is 31.2 Å². The summed E-state index contributed by atoms with van der Waals surface area (Å²) in [6, 6.07) is 15.0. The van der Waals surface area contributed by atoms with E-state index in [0.717, 1.165) is 47.0 Å². The lowest BCUT2D eigenvalue weighted by Crippen LogP contribution is -2.24. The molecule has 0 saturated heterocycles. The van der Waals surface area contributed by atoms with E-state index < -0.39 is 0 Å². The van der Waals surface area contributed by atoms with Crippen LogP contribution in [0.3, 0.4) is 0 Å². The van der Waals surface area contributed by atoms with Gasteiger partial charge in [-0.15, -0.1) is 0 Å². The summed E-state index contributed by atoms with van der Waals surface area (Å²) >= 11 is 0. The third-order valence-electron chi connectivity index (χ3n) is 7.51. The maximum Gasteiger partial charge on any atom is 0.0351 e. The number of hydrogen-bond acceptors (Lipinski definition) is 2. The molecule has 2 fully saturated rings. The van der Waals surface area contributed by atoms with Gasteiger partial charge in [0, 0.05) is 11.4 Å². The lowest BCUT2D eigenvalue weighted by atomic mass is 9.68. The Kier molecular flexibility index (Phi) is 5.94. The number of benzene rings is 2. The summed E-state index contributed by atoms with van der Waals surface area (Å²) in [5, 5.41) is 0. The highest BCUT2D eigenvalue weighted by Gasteiger charge is 2.30. The van der Waals surface area contributed by atoms with Crippen molar-refractivity contribution in [1.82, 2.24) is 0 Å². The first-order chi connectivity index (χ1) is 13.6. The Bertz CT molecular complexity index is 764. The molecular weight excluding hydrogens is 340 g/mol. The lowest BCUT2D eigenvalue weighted by Gasteiger charge is -2.37. The second-order valence-corrected chi connectivity index (χ2v) is 9.51. The smallest absolute Gasteiger partial charge is 0.0351 e. The summed E-state index contributed by atoms with van der Waals surface area (Å²) in [5.41, 5.74) is 17.6. The van der Waals surface area contributed by atoms with Crippen LogP contribution in [0.1, 0.15) is 80.9 Å². The maximum atomic E-state index is 6.11. The van der Waals surface area contributed by atoms with Crippen LogP contribution in [0.2, 0.25) is 0 Å². The van der Waals surface area contributed by atoms with E-state index in [1.807, 2.05) is 18.2 Å². The van der Waals surface area contributed by atoms with Gasteiger partial charge in [-0.25, -0.2) is 0 Å². The molecule has 2 aliphatic rings. The highest BCUT2D eigenvalue weighted by Crippen LogP contribution is 2.43. The standard InChI is InChI=1S/C26H36N2/c1-18-2-6-20(7-3-18)22-10-12-23(13-11-22)21-8-4-19(5-9-21)16-24-17-25(27)14-15-26(24)28/h4-5,8-9,14-15,17-18,20,22-23H,2-3,6-7,10-13,16,27-28H2,1H3. The molecule has 4 N–H and O–H groups in total. The van der Waals surface area contributed by atoms with E-state index in [4.69, 9.17) is 11.5 Å². The lowest BCUT2D eigenvalue weighted by molar-refractivity contribution is 0.165. The molecule has 0 atom stereocenters. The van der Waals surface area contributed by atoms with Crippen LogP contribution in [0.25, 0.3) is 0 Å². The summed E-state index contributed by atoms with van der Waals surface area (Å²) < 4.78 is 0. The molecule has 150 valence electrons. The van der Waals surface area contributed by atoms with E-state index in [1.54, 1.807) is 0 Å². The molecule has 0 spiro atoms. The average Bonchev–Trinajstić information content (AvgIpc) is 2.72. The van der Waals surface area contributed by atoms with Crippen molar-refractivity contribution in [2.45, 2.75) is 70.6 Å². The fourth-order valence-corrected chi connectivity index (χ4v) is 5.59. The molecule has 2 aromatic rings. The van der Waals surface area contributed by atoms with Gasteiger partial charge in [0.1, 0.15) is 0 Å². The van der Waals surface area contributed by atoms with Crippen molar-refractivity contribution in [2.24, 2.45) is 17.8 Å². The Morgan fingerprint density at radius 2 is 1.36 bits per heavy atom. The zero-order valence-corrected chi connectivity index (χ0v) is 17.4. The first-order valence-electron chi connectivity index (χ1n) is 11.3. The van der Waals surface area contributed by atoms with Crippen LogP contribution in [0.4, 0.5) is 11.4 Å². The highest BCUT2D eigenvalue weighted by molar-refractivity contribution is 5.56. The van der Waals surface area contributed by atoms with Gasteiger partial charge >= 0.3 is 0 Å². The van der Waals surface area contributed by atoms with Gasteiger partial charge in [-0.3, -0.25) is 0 Å². The SMILES string of the molecule is CC1CCC(C2CCC(c3ccc(Cc4cc(N)ccc4N)cc3)CC2)CC1. The van der Waals surface area contributed by atoms with Gasteiger partial charge in [0.05, 0.1) is 0 Å². The second-order valence-electron chi connectivity index (χ2n) is 9.51. The molecule has 0 bridgehead atoms. The Hall–Kier alpha value is -1.96. The second kappa shape index (κ2) is 8.59. The van der Waals surface area contributed by atoms with Gasteiger partial charge in [0.25, 0.3) is 0 Å². The monoisotopic (exact) mass is 376 g/mol. The fourth-order valence-electron chi connectivity index (χ4n) is 5.59. The van der Waals surface area contributed by atoms with Crippen LogP contribution in [0.15, 0.2) is 42.5 Å². The van der Waals surface area contributed by atoms with Crippen LogP contribution in [-0.4, -0.2) is 0 Å². The van der Waals surface area contributed by atoms with Crippen LogP contribution >= 0.6 is 0 Å². The topological polar surface area (TPSA) is 52.0 Å². The van der Waals surface area contributed by atoms with Gasteiger partial charge in [-0.1, -0.05) is 44.0 Å². The first-order valence-corrected chi connectivity index (χ1v) is 11.3. The number of anilines is 2. The van der Waals surface area contributed by atoms with Crippen LogP contribution in [-0.2, 0) is 6.42 Å². The summed E-state index contributed by atoms with van der Waals surface area (Å²) in [5.74, 6) is 3.73. The van der Waals surface area contributed by atoms with E-state index in [-0.39, 0.29) is 0 Å². The van der Waals surface area contributed by atoms with Crippen molar-refractivity contribution >= 4 is 11.4 Å². The van der Waals surface area contributed by atoms with Crippen LogP contribution in [0, 0.1) is 17.8 Å². The molecule has 4 rings (SSSR count). The van der Waals surface area contributed by atoms with Crippen molar-refractivity contribution in [1.29, 1.82) is 0 Å². The van der Waals surface area contributed by atoms with Gasteiger partial charge in [-0.2, -0.15) is 0 Å². The van der Waals surface area contributed by atoms with Crippen LogP contribution < -0.4 is 11.5 Å². The van der Waals surface area contributed by atoms with Gasteiger partial charge in [-0.05, 0) is 104 Å². The molecule has 2 aliphatic carbocycles. The minimum Gasteiger partial charge on any atom is -0.399 e. The molecule has 0 radical (unpaired) electrons. The Morgan fingerprint density at radius 3 is 2.00 bits per heavy atom. The zero-order valence-electron chi connectivity index (χ0n) is 17.4. The van der Waals surface area contributed by atoms with Crippen molar-refractivity contribution in [3.8, 4) is 0 Å². The summed E-state index contributed by atoms with van der Waals surface area (Å²) in [6.45, 7) is 2.43. The summed E-state index contributed by atoms with van der Waals surface area (Å²) in [4.78, 5) is 0. The molecule has 0 aliphatic heterocycles. The normalized spacial score (nSPS) is 28.2. The van der Waals surface area contributed by atoms with Gasteiger partial charge in [0.15, 0.2) is 0 Å². The highest BCUT2D eigenvalue weighted by atomic mass is 14.6. The molecule has 2 saturated carbocycles. The van der Waals surface area contributed by atoms with Crippen molar-refractivity contribution < 1.29 is 0 Å². The number of rotatable bonds is 4. The van der Waals surface area contributed by atoms with E-state index >= 15 is 0 Å². The van der Waals surface area contributed by atoms with E-state index in [0.29, 0.717) is 0 Å². The molecule has 0 aromatic heterocycles. The molecule has 0 amide bonds. The van der Waals surface area contributed by atoms with Crippen molar-refractivity contribution in [3.63, 3.8) is 0 Å². The number of nitrogen functional groups attached to an aromatic ring is 2. The largest absolute Gasteiger partial charge is 0.399 e. The predicted octanol–water partition coefficient (Wildman–Crippen LogP) is 6.54. The third-order valence-corrected chi connectivity index (χ3v) is 7.51. The number of nitrogens with two attached hydrogens (primary N) is 2. The van der Waals surface area contributed by atoms with Gasteiger partial charge in [0.2, 0.25) is 0 Å². The fraction of sp³-hybridized carbons (Fsp3) is 0.538. The Balaban J connectivity index is 1.33. The first kappa shape index (κ1) is 19.4. The third kappa shape index (κ3) is 4.54. The molecule has 28 heavy (non-hydrogen) atoms. The van der Waals surface area contributed by atoms with E-state index in [9.17, 15) is 0 Å². The summed E-state index contributed by atoms with van der Waals surface area (Å²) in [6.07, 6.45) is 12.4. The molecular formula is C26H36N2. The molecule has 2 aromatic carbocycles. The van der Waals surface area contributed by atoms with Crippen molar-refractivity contribution in [3.05, 3.63) is 59.2 Å². The van der Waals surface area contributed by atoms with Crippen LogP contribution in [0.5, 0.6) is 0 Å². The van der Waals surface area contributed by atoms with E-state index in [1.165, 1.54) is 62.5 Å². The van der Waals surface area contributed by atoms with Gasteiger partial charge < -0.3 is 11.5 Å². The minimum absolute atomic E-state index is 0.755. The molecule has 2 heteroatoms. The molecule has 2 nitrogen and oxygen atoms in total. The van der Waals surface area contributed by atoms with Crippen molar-refractivity contribution in [2.75, 3.05) is 11.5 Å². The molecule has 0 unspecified atom stereocenters. The summed E-state index contributed by atoms with van der Waals surface area (Å²) in [7, 11) is 0. The minimum atomic E-state index is 0.755. The maximum absolute atomic E-state index is 6.11.